The monoisotopic (exact) mass is 448 g/mol. The number of carbonyl (C=O) groups is 1. The molecule has 5 rings (SSSR count). The summed E-state index contributed by atoms with van der Waals surface area (Å²) < 4.78 is 25.1. The predicted octanol–water partition coefficient (Wildman–Crippen LogP) is 2.71. The summed E-state index contributed by atoms with van der Waals surface area (Å²) in [5, 5.41) is 7.71. The van der Waals surface area contributed by atoms with Crippen LogP contribution < -0.4 is 5.32 Å². The summed E-state index contributed by atoms with van der Waals surface area (Å²) >= 11 is 0. The first kappa shape index (κ1) is 21.2. The van der Waals surface area contributed by atoms with E-state index in [0.717, 1.165) is 33.2 Å². The minimum atomic E-state index is -3.27. The molecule has 0 saturated carbocycles. The highest BCUT2D eigenvalue weighted by Gasteiger charge is 2.12. The van der Waals surface area contributed by atoms with Gasteiger partial charge < -0.3 is 10.3 Å². The highest BCUT2D eigenvalue weighted by atomic mass is 32.2. The van der Waals surface area contributed by atoms with Gasteiger partial charge in [0.05, 0.1) is 22.3 Å². The highest BCUT2D eigenvalue weighted by molar-refractivity contribution is 7.90. The van der Waals surface area contributed by atoms with Gasteiger partial charge in [0.25, 0.3) is 0 Å². The molecule has 10 heteroatoms. The van der Waals surface area contributed by atoms with Crippen LogP contribution in [-0.2, 0) is 14.6 Å². The third kappa shape index (κ3) is 4.21. The van der Waals surface area contributed by atoms with E-state index in [1.54, 1.807) is 23.7 Å². The SMILES string of the molecule is CNC=O.CS(=O)(=O)c1ccc(-c2ccn3ncc(-c4cnc5[nH]ccc5c4)c3c2)nc1. The van der Waals surface area contributed by atoms with E-state index in [2.05, 4.69) is 31.4 Å². The zero-order chi connectivity index (χ0) is 22.7. The van der Waals surface area contributed by atoms with Gasteiger partial charge in [0, 0.05) is 60.2 Å². The van der Waals surface area contributed by atoms with E-state index in [1.807, 2.05) is 43.0 Å². The lowest BCUT2D eigenvalue weighted by atomic mass is 10.1. The summed E-state index contributed by atoms with van der Waals surface area (Å²) in [7, 11) is -1.71. The van der Waals surface area contributed by atoms with Gasteiger partial charge in [0.2, 0.25) is 6.41 Å². The Hall–Kier alpha value is -4.05. The number of aromatic amines is 1. The summed E-state index contributed by atoms with van der Waals surface area (Å²) in [6.45, 7) is 0. The van der Waals surface area contributed by atoms with Gasteiger partial charge in [0.1, 0.15) is 5.65 Å². The molecule has 0 atom stereocenters. The van der Waals surface area contributed by atoms with Crippen LogP contribution in [-0.4, -0.2) is 52.7 Å². The topological polar surface area (TPSA) is 122 Å². The second-order valence-electron chi connectivity index (χ2n) is 7.00. The average molecular weight is 449 g/mol. The number of nitrogens with one attached hydrogen (secondary N) is 2. The van der Waals surface area contributed by atoms with Crippen molar-refractivity contribution < 1.29 is 13.2 Å². The molecule has 0 aliphatic rings. The van der Waals surface area contributed by atoms with Gasteiger partial charge in [-0.3, -0.25) is 9.78 Å². The number of carbonyl (C=O) groups excluding carboxylic acids is 1. The summed E-state index contributed by atoms with van der Waals surface area (Å²) in [4.78, 5) is 21.1. The average Bonchev–Trinajstić information content (AvgIpc) is 3.44. The zero-order valence-electron chi connectivity index (χ0n) is 17.4. The molecule has 0 aromatic carbocycles. The van der Waals surface area contributed by atoms with Crippen molar-refractivity contribution in [3.63, 3.8) is 0 Å². The first-order chi connectivity index (χ1) is 15.4. The van der Waals surface area contributed by atoms with Gasteiger partial charge in [-0.25, -0.2) is 17.9 Å². The van der Waals surface area contributed by atoms with Crippen molar-refractivity contribution in [2.45, 2.75) is 4.90 Å². The molecule has 9 nitrogen and oxygen atoms in total. The van der Waals surface area contributed by atoms with Crippen molar-refractivity contribution in [2.24, 2.45) is 0 Å². The van der Waals surface area contributed by atoms with Crippen LogP contribution in [0.5, 0.6) is 0 Å². The Balaban J connectivity index is 0.000000567. The lowest BCUT2D eigenvalue weighted by Gasteiger charge is -2.05. The fourth-order valence-corrected chi connectivity index (χ4v) is 3.78. The third-order valence-corrected chi connectivity index (χ3v) is 5.91. The molecule has 0 fully saturated rings. The molecule has 0 radical (unpaired) electrons. The largest absolute Gasteiger partial charge is 0.362 e. The molecule has 0 bridgehead atoms. The number of H-pyrrole nitrogens is 1. The number of amides is 1. The van der Waals surface area contributed by atoms with E-state index >= 15 is 0 Å². The minimum Gasteiger partial charge on any atom is -0.362 e. The Morgan fingerprint density at radius 3 is 2.53 bits per heavy atom. The number of hydrogen-bond acceptors (Lipinski definition) is 6. The number of pyridine rings is 3. The maximum Gasteiger partial charge on any atom is 0.206 e. The summed E-state index contributed by atoms with van der Waals surface area (Å²) in [5.41, 5.74) is 5.27. The molecule has 0 aliphatic heterocycles. The van der Waals surface area contributed by atoms with Crippen LogP contribution in [0.2, 0.25) is 0 Å². The van der Waals surface area contributed by atoms with E-state index in [-0.39, 0.29) is 4.90 Å². The Kier molecular flexibility index (Phi) is 5.69. The molecule has 0 saturated heterocycles. The van der Waals surface area contributed by atoms with Crippen molar-refractivity contribution in [2.75, 3.05) is 13.3 Å². The van der Waals surface area contributed by atoms with Gasteiger partial charge in [-0.1, -0.05) is 0 Å². The van der Waals surface area contributed by atoms with Crippen LogP contribution in [0.3, 0.4) is 0 Å². The van der Waals surface area contributed by atoms with Crippen LogP contribution in [0.1, 0.15) is 0 Å². The molecule has 0 unspecified atom stereocenters. The van der Waals surface area contributed by atoms with Crippen molar-refractivity contribution in [1.82, 2.24) is 29.9 Å². The number of nitrogens with zero attached hydrogens (tertiary/aromatic N) is 4. The molecule has 0 aliphatic carbocycles. The third-order valence-electron chi connectivity index (χ3n) is 4.81. The van der Waals surface area contributed by atoms with Crippen LogP contribution in [0.15, 0.2) is 72.3 Å². The number of fused-ring (bicyclic) bond motifs is 2. The second-order valence-corrected chi connectivity index (χ2v) is 9.02. The smallest absolute Gasteiger partial charge is 0.206 e. The summed E-state index contributed by atoms with van der Waals surface area (Å²) in [6.07, 6.45) is 10.5. The zero-order valence-corrected chi connectivity index (χ0v) is 18.2. The fourth-order valence-electron chi connectivity index (χ4n) is 3.22. The second kappa shape index (κ2) is 8.60. The van der Waals surface area contributed by atoms with E-state index < -0.39 is 9.84 Å². The molecule has 1 amide bonds. The highest BCUT2D eigenvalue weighted by Crippen LogP contribution is 2.29. The number of aromatic nitrogens is 5. The first-order valence-corrected chi connectivity index (χ1v) is 11.5. The molecule has 5 heterocycles. The lowest BCUT2D eigenvalue weighted by molar-refractivity contribution is -0.109. The van der Waals surface area contributed by atoms with Crippen LogP contribution in [0, 0.1) is 0 Å². The van der Waals surface area contributed by atoms with E-state index in [1.165, 1.54) is 12.5 Å². The molecular weight excluding hydrogens is 428 g/mol. The fraction of sp³-hybridized carbons (Fsp3) is 0.0909. The van der Waals surface area contributed by atoms with E-state index in [9.17, 15) is 8.42 Å². The van der Waals surface area contributed by atoms with Crippen molar-refractivity contribution >= 4 is 32.8 Å². The van der Waals surface area contributed by atoms with Gasteiger partial charge in [-0.15, -0.1) is 0 Å². The minimum absolute atomic E-state index is 0.202. The van der Waals surface area contributed by atoms with Gasteiger partial charge in [-0.05, 0) is 36.4 Å². The quantitative estimate of drug-likeness (QED) is 0.408. The summed E-state index contributed by atoms with van der Waals surface area (Å²) in [6, 6.07) is 11.2. The molecule has 5 aromatic heterocycles. The van der Waals surface area contributed by atoms with Crippen LogP contribution in [0.4, 0.5) is 0 Å². The standard InChI is InChI=1S/C20H15N5O2S.C2H5NO/c1-28(26,27)16-2-3-18(22-11-16)13-5-7-25-19(9-13)17(12-24-25)15-8-14-4-6-21-20(14)23-10-15;1-3-2-4/h2-12H,1H3,(H,21,23);2H,1H3,(H,3,4). The molecule has 32 heavy (non-hydrogen) atoms. The van der Waals surface area contributed by atoms with E-state index in [0.29, 0.717) is 12.1 Å². The number of sulfone groups is 1. The number of rotatable bonds is 4. The predicted molar refractivity (Wildman–Crippen MR) is 122 cm³/mol. The van der Waals surface area contributed by atoms with Crippen molar-refractivity contribution in [3.05, 3.63) is 67.4 Å². The maximum atomic E-state index is 11.6. The Morgan fingerprint density at radius 2 is 1.84 bits per heavy atom. The van der Waals surface area contributed by atoms with Gasteiger partial charge >= 0.3 is 0 Å². The summed E-state index contributed by atoms with van der Waals surface area (Å²) in [5.74, 6) is 0. The first-order valence-electron chi connectivity index (χ1n) is 9.59. The van der Waals surface area contributed by atoms with Crippen LogP contribution >= 0.6 is 0 Å². The maximum absolute atomic E-state index is 11.6. The lowest BCUT2D eigenvalue weighted by Crippen LogP contribution is -1.98. The van der Waals surface area contributed by atoms with Gasteiger partial charge in [-0.2, -0.15) is 5.10 Å². The normalized spacial score (nSPS) is 11.2. The van der Waals surface area contributed by atoms with Crippen molar-refractivity contribution in [1.29, 1.82) is 0 Å². The Labute approximate surface area is 184 Å². The van der Waals surface area contributed by atoms with E-state index in [4.69, 9.17) is 4.79 Å². The molecule has 2 N–H and O–H groups in total. The number of hydrogen-bond donors (Lipinski definition) is 2. The van der Waals surface area contributed by atoms with Crippen LogP contribution in [0.25, 0.3) is 38.9 Å². The molecule has 162 valence electrons. The Morgan fingerprint density at radius 1 is 1.03 bits per heavy atom. The molecule has 5 aromatic rings. The Bertz CT molecular complexity index is 1500. The molecular formula is C22H20N6O3S. The molecule has 0 spiro atoms. The van der Waals surface area contributed by atoms with Gasteiger partial charge in [0.15, 0.2) is 9.84 Å². The van der Waals surface area contributed by atoms with Crippen molar-refractivity contribution in [3.8, 4) is 22.4 Å².